The number of likely N-dealkylation sites (tertiary alicyclic amines) is 1. The van der Waals surface area contributed by atoms with Crippen LogP contribution in [0.5, 0.6) is 11.5 Å². The molecule has 12 nitrogen and oxygen atoms in total. The highest BCUT2D eigenvalue weighted by Gasteiger charge is 2.34. The van der Waals surface area contributed by atoms with Gasteiger partial charge in [-0.15, -0.1) is 0 Å². The van der Waals surface area contributed by atoms with E-state index in [0.29, 0.717) is 48.3 Å². The number of benzene rings is 2. The number of carbonyl (C=O) groups is 3. The second kappa shape index (κ2) is 18.2. The van der Waals surface area contributed by atoms with Gasteiger partial charge in [-0.25, -0.2) is 4.79 Å². The second-order valence-corrected chi connectivity index (χ2v) is 12.7. The molecular weight excluding hydrogens is 640 g/mol. The van der Waals surface area contributed by atoms with E-state index in [0.717, 1.165) is 43.2 Å². The van der Waals surface area contributed by atoms with Gasteiger partial charge in [-0.3, -0.25) is 14.6 Å². The third kappa shape index (κ3) is 10.8. The van der Waals surface area contributed by atoms with Crippen LogP contribution in [0.2, 0.25) is 0 Å². The molecule has 0 spiro atoms. The summed E-state index contributed by atoms with van der Waals surface area (Å²) in [7, 11) is 1.74. The second-order valence-electron chi connectivity index (χ2n) is 12.7. The summed E-state index contributed by atoms with van der Waals surface area (Å²) in [6.07, 6.45) is 8.99. The average Bonchev–Trinajstić information content (AvgIpc) is 3.13. The Morgan fingerprint density at radius 3 is 2.66 bits per heavy atom. The molecule has 3 aromatic rings. The fourth-order valence-electron chi connectivity index (χ4n) is 6.17. The fraction of sp³-hybridized carbons (Fsp3) is 0.421. The van der Waals surface area contributed by atoms with E-state index in [1.165, 1.54) is 6.08 Å². The Bertz CT molecular complexity index is 1610. The molecule has 266 valence electrons. The van der Waals surface area contributed by atoms with Gasteiger partial charge in [-0.1, -0.05) is 31.0 Å². The van der Waals surface area contributed by atoms with Crippen LogP contribution >= 0.6 is 0 Å². The zero-order valence-electron chi connectivity index (χ0n) is 28.3. The van der Waals surface area contributed by atoms with Crippen molar-refractivity contribution in [1.82, 2.24) is 15.2 Å². The zero-order valence-corrected chi connectivity index (χ0v) is 28.3. The maximum atomic E-state index is 13.3. The van der Waals surface area contributed by atoms with E-state index in [1.54, 1.807) is 37.7 Å². The molecule has 5 rings (SSSR count). The lowest BCUT2D eigenvalue weighted by Gasteiger charge is -2.32. The van der Waals surface area contributed by atoms with E-state index in [2.05, 4.69) is 15.6 Å². The van der Waals surface area contributed by atoms with Crippen molar-refractivity contribution in [2.24, 2.45) is 5.92 Å². The van der Waals surface area contributed by atoms with Gasteiger partial charge in [0.25, 0.3) is 5.91 Å². The lowest BCUT2D eigenvalue weighted by molar-refractivity contribution is -0.195. The lowest BCUT2D eigenvalue weighted by Crippen LogP contribution is -2.42. The van der Waals surface area contributed by atoms with Crippen molar-refractivity contribution in [2.45, 2.75) is 70.1 Å². The first-order valence-corrected chi connectivity index (χ1v) is 17.2. The third-order valence-corrected chi connectivity index (χ3v) is 8.95. The van der Waals surface area contributed by atoms with E-state index >= 15 is 0 Å². The number of aliphatic hydroxyl groups is 1. The maximum Gasteiger partial charge on any atom is 0.333 e. The molecule has 2 aliphatic heterocycles. The van der Waals surface area contributed by atoms with E-state index < -0.39 is 24.5 Å². The highest BCUT2D eigenvalue weighted by Crippen LogP contribution is 2.31. The third-order valence-electron chi connectivity index (χ3n) is 8.95. The van der Waals surface area contributed by atoms with Gasteiger partial charge in [0, 0.05) is 63.6 Å². The van der Waals surface area contributed by atoms with E-state index in [-0.39, 0.29) is 31.3 Å². The van der Waals surface area contributed by atoms with Gasteiger partial charge < -0.3 is 40.0 Å². The SMILES string of the molecule is CNc1cc(COc2cccc(C(=O)N3CCC(CCCCNC(=O)/C=C/c4cccnc4)CC3)c2)ccc1OC1CC(O)CC(C(=O)O)O1. The summed E-state index contributed by atoms with van der Waals surface area (Å²) >= 11 is 0. The van der Waals surface area contributed by atoms with Crippen LogP contribution in [0.1, 0.15) is 66.4 Å². The number of hydrogen-bond donors (Lipinski definition) is 4. The topological polar surface area (TPSA) is 160 Å². The minimum atomic E-state index is -1.14. The van der Waals surface area contributed by atoms with Gasteiger partial charge in [0.05, 0.1) is 11.8 Å². The maximum absolute atomic E-state index is 13.3. The summed E-state index contributed by atoms with van der Waals surface area (Å²) in [5.41, 5.74) is 2.99. The fourth-order valence-corrected chi connectivity index (χ4v) is 6.17. The smallest absolute Gasteiger partial charge is 0.333 e. The minimum Gasteiger partial charge on any atom is -0.489 e. The Morgan fingerprint density at radius 1 is 1.06 bits per heavy atom. The van der Waals surface area contributed by atoms with Crippen molar-refractivity contribution >= 4 is 29.5 Å². The van der Waals surface area contributed by atoms with Gasteiger partial charge in [-0.2, -0.15) is 0 Å². The predicted octanol–water partition coefficient (Wildman–Crippen LogP) is 4.88. The molecule has 2 aliphatic rings. The highest BCUT2D eigenvalue weighted by molar-refractivity contribution is 5.94. The van der Waals surface area contributed by atoms with Crippen LogP contribution in [-0.2, 0) is 20.9 Å². The number of pyridine rings is 1. The van der Waals surface area contributed by atoms with Gasteiger partial charge in [0.2, 0.25) is 12.2 Å². The number of unbranched alkanes of at least 4 members (excludes halogenated alkanes) is 1. The molecule has 12 heteroatoms. The lowest BCUT2D eigenvalue weighted by atomic mass is 9.91. The molecule has 0 saturated carbocycles. The first kappa shape index (κ1) is 36.3. The molecule has 3 atom stereocenters. The largest absolute Gasteiger partial charge is 0.489 e. The van der Waals surface area contributed by atoms with Crippen LogP contribution < -0.4 is 20.1 Å². The summed E-state index contributed by atoms with van der Waals surface area (Å²) in [6.45, 7) is 2.32. The molecule has 3 unspecified atom stereocenters. The molecule has 0 radical (unpaired) electrons. The van der Waals surface area contributed by atoms with Crippen LogP contribution in [0.25, 0.3) is 6.08 Å². The van der Waals surface area contributed by atoms with Crippen molar-refractivity contribution in [2.75, 3.05) is 32.0 Å². The first-order valence-electron chi connectivity index (χ1n) is 17.2. The van der Waals surface area contributed by atoms with Crippen molar-refractivity contribution in [3.63, 3.8) is 0 Å². The number of aliphatic hydroxyl groups excluding tert-OH is 1. The van der Waals surface area contributed by atoms with Gasteiger partial charge in [-0.05, 0) is 78.8 Å². The molecule has 0 bridgehead atoms. The average molecular weight is 687 g/mol. The number of hydrogen-bond acceptors (Lipinski definition) is 9. The van der Waals surface area contributed by atoms with Crippen LogP contribution in [0.3, 0.4) is 0 Å². The van der Waals surface area contributed by atoms with Crippen LogP contribution in [0.4, 0.5) is 5.69 Å². The Kier molecular flexibility index (Phi) is 13.2. The number of carboxylic acids is 1. The molecule has 1 aromatic heterocycles. The molecule has 50 heavy (non-hydrogen) atoms. The number of anilines is 1. The van der Waals surface area contributed by atoms with E-state index in [1.807, 2.05) is 47.4 Å². The van der Waals surface area contributed by atoms with E-state index in [9.17, 15) is 24.6 Å². The molecule has 0 aliphatic carbocycles. The van der Waals surface area contributed by atoms with Crippen molar-refractivity contribution < 1.29 is 38.8 Å². The number of carbonyl (C=O) groups excluding carboxylic acids is 2. The number of piperidine rings is 1. The van der Waals surface area contributed by atoms with Crippen molar-refractivity contribution in [1.29, 1.82) is 0 Å². The Morgan fingerprint density at radius 2 is 1.90 bits per heavy atom. The predicted molar refractivity (Wildman–Crippen MR) is 188 cm³/mol. The Labute approximate surface area is 292 Å². The zero-order chi connectivity index (χ0) is 35.3. The summed E-state index contributed by atoms with van der Waals surface area (Å²) in [5, 5.41) is 25.4. The van der Waals surface area contributed by atoms with Crippen molar-refractivity contribution in [3.8, 4) is 11.5 Å². The first-order chi connectivity index (χ1) is 24.3. The highest BCUT2D eigenvalue weighted by atomic mass is 16.7. The van der Waals surface area contributed by atoms with Crippen LogP contribution in [0, 0.1) is 5.92 Å². The number of nitrogens with zero attached hydrogens (tertiary/aromatic N) is 2. The minimum absolute atomic E-state index is 0.00453. The monoisotopic (exact) mass is 686 g/mol. The number of carboxylic acid groups (broad SMARTS) is 1. The number of ether oxygens (including phenoxy) is 3. The summed E-state index contributed by atoms with van der Waals surface area (Å²) in [5.74, 6) is 0.368. The number of nitrogens with one attached hydrogen (secondary N) is 2. The number of rotatable bonds is 15. The van der Waals surface area contributed by atoms with Gasteiger partial charge in [0.15, 0.2) is 6.10 Å². The molecule has 2 amide bonds. The van der Waals surface area contributed by atoms with Crippen LogP contribution in [0.15, 0.2) is 73.1 Å². The quantitative estimate of drug-likeness (QED) is 0.128. The standard InChI is InChI=1S/C38H46N4O8/c1-39-32-20-28(10-12-33(32)49-36-23-30(43)22-34(50-36)38(46)47)25-48-31-9-4-8-29(21-31)37(45)42-18-14-26(15-19-42)6-2-3-17-41-35(44)13-11-27-7-5-16-40-24-27/h4-5,7-13,16,20-21,24,26,30,34,36,39,43H,2-3,6,14-15,17-19,22-23,25H2,1H3,(H,41,44)(H,46,47)/b13-11+. The summed E-state index contributed by atoms with van der Waals surface area (Å²) in [4.78, 5) is 42.7. The number of aromatic nitrogens is 1. The Hall–Kier alpha value is -4.94. The van der Waals surface area contributed by atoms with Gasteiger partial charge in [0.1, 0.15) is 18.1 Å². The molecule has 3 heterocycles. The van der Waals surface area contributed by atoms with Crippen LogP contribution in [-0.4, -0.2) is 83.1 Å². The van der Waals surface area contributed by atoms with Crippen molar-refractivity contribution in [3.05, 3.63) is 89.8 Å². The molecule has 4 N–H and O–H groups in total. The Balaban J connectivity index is 1.02. The molecule has 2 fully saturated rings. The van der Waals surface area contributed by atoms with Gasteiger partial charge >= 0.3 is 5.97 Å². The normalized spacial score (nSPS) is 19.6. The number of amides is 2. The summed E-state index contributed by atoms with van der Waals surface area (Å²) < 4.78 is 17.5. The molecule has 2 saturated heterocycles. The van der Waals surface area contributed by atoms with E-state index in [4.69, 9.17) is 14.2 Å². The molecule has 2 aromatic carbocycles. The summed E-state index contributed by atoms with van der Waals surface area (Å²) in [6, 6.07) is 16.4. The molecular formula is C38H46N4O8. The number of aliphatic carboxylic acids is 1.